The minimum Gasteiger partial charge on any atom is -0.317 e. The molecule has 2 nitrogen and oxygen atoms in total. The van der Waals surface area contributed by atoms with Crippen LogP contribution in [0.2, 0.25) is 0 Å². The summed E-state index contributed by atoms with van der Waals surface area (Å²) in [5.74, 6) is 1.79. The second kappa shape index (κ2) is 5.27. The van der Waals surface area contributed by atoms with Crippen LogP contribution in [0.15, 0.2) is 0 Å². The predicted molar refractivity (Wildman–Crippen MR) is 74.2 cm³/mol. The van der Waals surface area contributed by atoms with E-state index in [0.29, 0.717) is 5.54 Å². The molecule has 0 radical (unpaired) electrons. The summed E-state index contributed by atoms with van der Waals surface area (Å²) in [6, 6.07) is 0.752. The van der Waals surface area contributed by atoms with Gasteiger partial charge in [-0.15, -0.1) is 0 Å². The number of nitrogens with zero attached hydrogens (tertiary/aromatic N) is 1. The summed E-state index contributed by atoms with van der Waals surface area (Å²) in [5, 5.41) is 3.55. The monoisotopic (exact) mass is 238 g/mol. The van der Waals surface area contributed by atoms with E-state index in [0.717, 1.165) is 17.9 Å². The Hall–Kier alpha value is -0.0800. The van der Waals surface area contributed by atoms with Crippen LogP contribution in [-0.2, 0) is 0 Å². The van der Waals surface area contributed by atoms with Crippen LogP contribution in [0.25, 0.3) is 0 Å². The Bertz CT molecular complexity index is 249. The van der Waals surface area contributed by atoms with E-state index in [1.54, 1.807) is 0 Å². The molecule has 2 aliphatic rings. The first kappa shape index (κ1) is 13.4. The van der Waals surface area contributed by atoms with Gasteiger partial charge in [-0.3, -0.25) is 4.90 Å². The summed E-state index contributed by atoms with van der Waals surface area (Å²) in [5.41, 5.74) is 0.443. The zero-order valence-corrected chi connectivity index (χ0v) is 12.1. The molecule has 0 aromatic rings. The zero-order valence-electron chi connectivity index (χ0n) is 12.1. The molecule has 2 fully saturated rings. The highest BCUT2D eigenvalue weighted by molar-refractivity contribution is 4.92. The molecule has 0 spiro atoms. The lowest BCUT2D eigenvalue weighted by Crippen LogP contribution is -2.48. The summed E-state index contributed by atoms with van der Waals surface area (Å²) >= 11 is 0. The standard InChI is InChI=1S/C15H30N2/c1-12-6-7-14(16-4)13(10-12)11-17-9-5-8-15(17,2)3/h12-14,16H,5-11H2,1-4H3. The van der Waals surface area contributed by atoms with Gasteiger partial charge in [0, 0.05) is 18.1 Å². The van der Waals surface area contributed by atoms with Crippen molar-refractivity contribution >= 4 is 0 Å². The van der Waals surface area contributed by atoms with Crippen LogP contribution in [0.5, 0.6) is 0 Å². The van der Waals surface area contributed by atoms with Crippen molar-refractivity contribution in [1.82, 2.24) is 10.2 Å². The summed E-state index contributed by atoms with van der Waals surface area (Å²) in [7, 11) is 2.14. The Balaban J connectivity index is 1.95. The molecule has 1 N–H and O–H groups in total. The Morgan fingerprint density at radius 2 is 2.06 bits per heavy atom. The first-order valence-electron chi connectivity index (χ1n) is 7.45. The Morgan fingerprint density at radius 3 is 2.65 bits per heavy atom. The molecule has 3 unspecified atom stereocenters. The summed E-state index contributed by atoms with van der Waals surface area (Å²) in [6.07, 6.45) is 6.96. The van der Waals surface area contributed by atoms with Gasteiger partial charge < -0.3 is 5.32 Å². The van der Waals surface area contributed by atoms with Gasteiger partial charge in [-0.2, -0.15) is 0 Å². The fraction of sp³-hybridized carbons (Fsp3) is 1.00. The van der Waals surface area contributed by atoms with Gasteiger partial charge in [-0.1, -0.05) is 6.92 Å². The third-order valence-electron chi connectivity index (χ3n) is 5.14. The van der Waals surface area contributed by atoms with Gasteiger partial charge in [0.25, 0.3) is 0 Å². The van der Waals surface area contributed by atoms with Crippen molar-refractivity contribution in [2.45, 2.75) is 64.5 Å². The molecule has 0 aromatic heterocycles. The molecule has 17 heavy (non-hydrogen) atoms. The maximum absolute atomic E-state index is 3.55. The van der Waals surface area contributed by atoms with E-state index in [4.69, 9.17) is 0 Å². The Labute approximate surface area is 107 Å². The highest BCUT2D eigenvalue weighted by Crippen LogP contribution is 2.34. The zero-order chi connectivity index (χ0) is 12.5. The fourth-order valence-electron chi connectivity index (χ4n) is 3.87. The molecule has 0 amide bonds. The van der Waals surface area contributed by atoms with Crippen molar-refractivity contribution in [1.29, 1.82) is 0 Å². The van der Waals surface area contributed by atoms with Gasteiger partial charge in [0.1, 0.15) is 0 Å². The minimum atomic E-state index is 0.443. The van der Waals surface area contributed by atoms with Crippen LogP contribution in [-0.4, -0.2) is 36.6 Å². The number of nitrogens with one attached hydrogen (secondary N) is 1. The van der Waals surface area contributed by atoms with Gasteiger partial charge >= 0.3 is 0 Å². The van der Waals surface area contributed by atoms with Crippen LogP contribution < -0.4 is 5.32 Å². The van der Waals surface area contributed by atoms with Crippen LogP contribution in [0.3, 0.4) is 0 Å². The lowest BCUT2D eigenvalue weighted by atomic mass is 9.78. The van der Waals surface area contributed by atoms with Crippen molar-refractivity contribution in [2.24, 2.45) is 11.8 Å². The number of hydrogen-bond acceptors (Lipinski definition) is 2. The molecular formula is C15H30N2. The quantitative estimate of drug-likeness (QED) is 0.813. The maximum atomic E-state index is 3.55. The topological polar surface area (TPSA) is 15.3 Å². The van der Waals surface area contributed by atoms with Gasteiger partial charge in [0.05, 0.1) is 0 Å². The minimum absolute atomic E-state index is 0.443. The predicted octanol–water partition coefficient (Wildman–Crippen LogP) is 2.89. The fourth-order valence-corrected chi connectivity index (χ4v) is 3.87. The number of likely N-dealkylation sites (tertiary alicyclic amines) is 1. The van der Waals surface area contributed by atoms with Gasteiger partial charge in [0.15, 0.2) is 0 Å². The molecule has 2 rings (SSSR count). The summed E-state index contributed by atoms with van der Waals surface area (Å²) < 4.78 is 0. The van der Waals surface area contributed by atoms with Gasteiger partial charge in [-0.25, -0.2) is 0 Å². The first-order valence-corrected chi connectivity index (χ1v) is 7.45. The summed E-state index contributed by atoms with van der Waals surface area (Å²) in [6.45, 7) is 9.88. The molecule has 1 aliphatic carbocycles. The third kappa shape index (κ3) is 3.03. The van der Waals surface area contributed by atoms with Crippen molar-refractivity contribution in [3.8, 4) is 0 Å². The van der Waals surface area contributed by atoms with E-state index < -0.39 is 0 Å². The lowest BCUT2D eigenvalue weighted by molar-refractivity contribution is 0.104. The van der Waals surface area contributed by atoms with Crippen molar-refractivity contribution in [3.63, 3.8) is 0 Å². The van der Waals surface area contributed by atoms with Crippen LogP contribution in [0, 0.1) is 11.8 Å². The van der Waals surface area contributed by atoms with Crippen LogP contribution in [0.4, 0.5) is 0 Å². The highest BCUT2D eigenvalue weighted by atomic mass is 15.2. The number of hydrogen-bond donors (Lipinski definition) is 1. The van der Waals surface area contributed by atoms with Crippen molar-refractivity contribution < 1.29 is 0 Å². The van der Waals surface area contributed by atoms with E-state index in [9.17, 15) is 0 Å². The molecule has 1 saturated heterocycles. The molecule has 0 bridgehead atoms. The smallest absolute Gasteiger partial charge is 0.0153 e. The molecule has 1 aliphatic heterocycles. The summed E-state index contributed by atoms with van der Waals surface area (Å²) in [4.78, 5) is 2.74. The van der Waals surface area contributed by atoms with Crippen LogP contribution >= 0.6 is 0 Å². The number of rotatable bonds is 3. The average Bonchev–Trinajstić information content (AvgIpc) is 2.59. The molecule has 2 heteroatoms. The highest BCUT2D eigenvalue weighted by Gasteiger charge is 2.36. The Kier molecular flexibility index (Phi) is 4.14. The van der Waals surface area contributed by atoms with Gasteiger partial charge in [0.2, 0.25) is 0 Å². The molecule has 1 heterocycles. The largest absolute Gasteiger partial charge is 0.317 e. The van der Waals surface area contributed by atoms with Gasteiger partial charge in [-0.05, 0) is 71.4 Å². The van der Waals surface area contributed by atoms with Crippen molar-refractivity contribution in [2.75, 3.05) is 20.1 Å². The van der Waals surface area contributed by atoms with Crippen LogP contribution in [0.1, 0.15) is 52.9 Å². The van der Waals surface area contributed by atoms with E-state index in [2.05, 4.69) is 38.0 Å². The second-order valence-corrected chi connectivity index (χ2v) is 6.94. The molecule has 100 valence electrons. The average molecular weight is 238 g/mol. The third-order valence-corrected chi connectivity index (χ3v) is 5.14. The normalized spacial score (nSPS) is 38.5. The second-order valence-electron chi connectivity index (χ2n) is 6.94. The SMILES string of the molecule is CNC1CCC(C)CC1CN1CCCC1(C)C. The first-order chi connectivity index (χ1) is 8.03. The lowest BCUT2D eigenvalue weighted by Gasteiger charge is -2.40. The van der Waals surface area contributed by atoms with E-state index in [1.807, 2.05) is 0 Å². The van der Waals surface area contributed by atoms with E-state index in [-0.39, 0.29) is 0 Å². The molecule has 1 saturated carbocycles. The molecule has 3 atom stereocenters. The maximum Gasteiger partial charge on any atom is 0.0153 e. The van der Waals surface area contributed by atoms with E-state index in [1.165, 1.54) is 45.2 Å². The molecule has 0 aromatic carbocycles. The Morgan fingerprint density at radius 1 is 1.29 bits per heavy atom. The molecular weight excluding hydrogens is 208 g/mol. The van der Waals surface area contributed by atoms with Crippen molar-refractivity contribution in [3.05, 3.63) is 0 Å². The van der Waals surface area contributed by atoms with E-state index >= 15 is 0 Å².